The Bertz CT molecular complexity index is 777. The minimum atomic E-state index is -1.38. The highest BCUT2D eigenvalue weighted by Gasteiger charge is 2.19. The van der Waals surface area contributed by atoms with Gasteiger partial charge in [-0.2, -0.15) is 0 Å². The Hall–Kier alpha value is -2.16. The van der Waals surface area contributed by atoms with Crippen molar-refractivity contribution < 1.29 is 34.1 Å². The van der Waals surface area contributed by atoms with Gasteiger partial charge in [0.1, 0.15) is 12.1 Å². The summed E-state index contributed by atoms with van der Waals surface area (Å²) in [5.74, 6) is -2.28. The van der Waals surface area contributed by atoms with Gasteiger partial charge in [0.25, 0.3) is 0 Å². The Morgan fingerprint density at radius 3 is 1.38 bits per heavy atom. The third kappa shape index (κ3) is 30.9. The molecule has 0 radical (unpaired) electrons. The van der Waals surface area contributed by atoms with Crippen LogP contribution in [0.25, 0.3) is 0 Å². The van der Waals surface area contributed by atoms with Crippen molar-refractivity contribution in [2.24, 2.45) is 0 Å². The van der Waals surface area contributed by atoms with Crippen LogP contribution in [0.5, 0.6) is 0 Å². The Morgan fingerprint density at radius 1 is 0.553 bits per heavy atom. The van der Waals surface area contributed by atoms with Crippen LogP contribution in [0.15, 0.2) is 0 Å². The van der Waals surface area contributed by atoms with E-state index in [0.717, 1.165) is 57.8 Å². The first-order valence-electron chi connectivity index (χ1n) is 19.4. The van der Waals surface area contributed by atoms with E-state index in [2.05, 4.69) is 24.5 Å². The predicted octanol–water partition coefficient (Wildman–Crippen LogP) is 8.54. The number of nitrogens with one attached hydrogen (secondary N) is 2. The van der Waals surface area contributed by atoms with Gasteiger partial charge in [0, 0.05) is 12.8 Å². The molecule has 0 aliphatic heterocycles. The van der Waals surface area contributed by atoms with E-state index in [9.17, 15) is 19.2 Å². The number of hydrogen-bond acceptors (Lipinski definition) is 6. The van der Waals surface area contributed by atoms with E-state index < -0.39 is 24.5 Å². The Morgan fingerprint density at radius 2 is 0.957 bits per heavy atom. The molecular formula is C38H72N2O7. The number of aliphatic carboxylic acids is 1. The molecule has 0 aromatic carbocycles. The normalized spacial score (nSPS) is 12.4. The Labute approximate surface area is 287 Å². The summed E-state index contributed by atoms with van der Waals surface area (Å²) in [5.41, 5.74) is 0. The third-order valence-corrected chi connectivity index (χ3v) is 8.85. The zero-order chi connectivity index (χ0) is 34.8. The molecule has 9 nitrogen and oxygen atoms in total. The van der Waals surface area contributed by atoms with Crippen LogP contribution in [0.1, 0.15) is 194 Å². The molecule has 2 amide bonds. The number of carbonyl (C=O) groups excluding carboxylic acids is 3. The molecule has 0 rings (SSSR count). The molecule has 0 aliphatic carbocycles. The van der Waals surface area contributed by atoms with Crippen molar-refractivity contribution in [3.8, 4) is 0 Å². The summed E-state index contributed by atoms with van der Waals surface area (Å²) >= 11 is 0. The Kier molecular flexibility index (Phi) is 32.2. The largest absolute Gasteiger partial charge is 0.480 e. The van der Waals surface area contributed by atoms with Crippen LogP contribution in [-0.2, 0) is 23.9 Å². The van der Waals surface area contributed by atoms with Gasteiger partial charge in [0.2, 0.25) is 11.8 Å². The number of carboxylic acid groups (broad SMARTS) is 1. The lowest BCUT2D eigenvalue weighted by Gasteiger charge is -2.18. The van der Waals surface area contributed by atoms with Gasteiger partial charge in [-0.1, -0.05) is 142 Å². The molecule has 4 N–H and O–H groups in total. The number of amides is 2. The average Bonchev–Trinajstić information content (AvgIpc) is 3.05. The first kappa shape index (κ1) is 44.8. The molecule has 9 heteroatoms. The van der Waals surface area contributed by atoms with E-state index in [1.807, 2.05) is 0 Å². The van der Waals surface area contributed by atoms with Gasteiger partial charge in [-0.05, 0) is 38.5 Å². The second-order valence-electron chi connectivity index (χ2n) is 13.4. The summed E-state index contributed by atoms with van der Waals surface area (Å²) in [7, 11) is 0. The SMILES string of the molecule is CCCCCCCCCCCCC(CCCCCCCC(=O)NCC(=O)NC(CO)C(=O)O)OC(=O)CCCCCCCCCCC. The van der Waals surface area contributed by atoms with Crippen LogP contribution in [0.4, 0.5) is 0 Å². The maximum absolute atomic E-state index is 12.7. The lowest BCUT2D eigenvalue weighted by molar-refractivity contribution is -0.150. The number of rotatable bonds is 35. The molecule has 0 heterocycles. The van der Waals surface area contributed by atoms with Gasteiger partial charge in [0.15, 0.2) is 0 Å². The first-order chi connectivity index (χ1) is 22.8. The molecule has 0 saturated carbocycles. The first-order valence-corrected chi connectivity index (χ1v) is 19.4. The number of ether oxygens (including phenoxy) is 1. The molecule has 2 unspecified atom stereocenters. The van der Waals surface area contributed by atoms with Crippen molar-refractivity contribution in [2.45, 2.75) is 206 Å². The standard InChI is InChI=1S/C38H72N2O7/c1-3-5-7-9-11-13-15-16-19-23-27-33(47-37(44)30-26-22-17-14-12-10-8-6-4-2)28-24-20-18-21-25-29-35(42)39-31-36(43)40-34(32-41)38(45)46/h33-34,41H,3-32H2,1-2H3,(H,39,42)(H,40,43)(H,45,46). The Balaban J connectivity index is 4.25. The van der Waals surface area contributed by atoms with Crippen LogP contribution < -0.4 is 10.6 Å². The average molecular weight is 669 g/mol. The summed E-state index contributed by atoms with van der Waals surface area (Å²) in [6, 6.07) is -1.38. The maximum atomic E-state index is 12.7. The number of carbonyl (C=O) groups is 4. The van der Waals surface area contributed by atoms with Crippen LogP contribution in [0, 0.1) is 0 Å². The van der Waals surface area contributed by atoms with E-state index in [-0.39, 0.29) is 24.5 Å². The highest BCUT2D eigenvalue weighted by atomic mass is 16.5. The smallest absolute Gasteiger partial charge is 0.328 e. The predicted molar refractivity (Wildman–Crippen MR) is 190 cm³/mol. The van der Waals surface area contributed by atoms with Gasteiger partial charge in [-0.3, -0.25) is 14.4 Å². The van der Waals surface area contributed by atoms with Gasteiger partial charge < -0.3 is 25.6 Å². The molecule has 276 valence electrons. The van der Waals surface area contributed by atoms with Crippen molar-refractivity contribution in [2.75, 3.05) is 13.2 Å². The topological polar surface area (TPSA) is 142 Å². The lowest BCUT2D eigenvalue weighted by atomic mass is 10.0. The second-order valence-corrected chi connectivity index (χ2v) is 13.4. The van der Waals surface area contributed by atoms with E-state index >= 15 is 0 Å². The maximum Gasteiger partial charge on any atom is 0.328 e. The summed E-state index contributed by atoms with van der Waals surface area (Å²) in [6.45, 7) is 3.47. The fourth-order valence-electron chi connectivity index (χ4n) is 5.83. The molecule has 0 aromatic heterocycles. The zero-order valence-electron chi connectivity index (χ0n) is 30.3. The van der Waals surface area contributed by atoms with Crippen molar-refractivity contribution in [1.29, 1.82) is 0 Å². The number of hydrogen-bond donors (Lipinski definition) is 4. The summed E-state index contributed by atoms with van der Waals surface area (Å²) < 4.78 is 5.98. The van der Waals surface area contributed by atoms with Gasteiger partial charge in [-0.25, -0.2) is 4.79 Å². The van der Waals surface area contributed by atoms with Gasteiger partial charge in [0.05, 0.1) is 13.2 Å². The van der Waals surface area contributed by atoms with E-state index in [1.54, 1.807) is 0 Å². The van der Waals surface area contributed by atoms with Gasteiger partial charge in [-0.15, -0.1) is 0 Å². The van der Waals surface area contributed by atoms with Crippen LogP contribution in [-0.4, -0.2) is 59.3 Å². The van der Waals surface area contributed by atoms with E-state index in [0.29, 0.717) is 19.3 Å². The molecule has 0 aliphatic rings. The lowest BCUT2D eigenvalue weighted by Crippen LogP contribution is -2.47. The fraction of sp³-hybridized carbons (Fsp3) is 0.895. The third-order valence-electron chi connectivity index (χ3n) is 8.85. The molecule has 0 saturated heterocycles. The molecule has 47 heavy (non-hydrogen) atoms. The van der Waals surface area contributed by atoms with E-state index in [4.69, 9.17) is 14.9 Å². The summed E-state index contributed by atoms with van der Waals surface area (Å²) in [6.07, 6.45) is 31.3. The minimum absolute atomic E-state index is 0.00130. The number of esters is 1. The molecule has 0 bridgehead atoms. The number of unbranched alkanes of at least 4 members (excludes halogenated alkanes) is 21. The number of carboxylic acids is 1. The minimum Gasteiger partial charge on any atom is -0.480 e. The molecule has 2 atom stereocenters. The quantitative estimate of drug-likeness (QED) is 0.0392. The van der Waals surface area contributed by atoms with Crippen molar-refractivity contribution >= 4 is 23.8 Å². The van der Waals surface area contributed by atoms with Crippen molar-refractivity contribution in [3.05, 3.63) is 0 Å². The summed E-state index contributed by atoms with van der Waals surface area (Å²) in [4.78, 5) is 47.3. The molecule has 0 spiro atoms. The monoisotopic (exact) mass is 669 g/mol. The molecule has 0 aromatic rings. The molecular weight excluding hydrogens is 596 g/mol. The highest BCUT2D eigenvalue weighted by molar-refractivity contribution is 5.87. The highest BCUT2D eigenvalue weighted by Crippen LogP contribution is 2.19. The fourth-order valence-corrected chi connectivity index (χ4v) is 5.83. The van der Waals surface area contributed by atoms with Crippen LogP contribution in [0.2, 0.25) is 0 Å². The number of aliphatic hydroxyl groups is 1. The summed E-state index contributed by atoms with van der Waals surface area (Å²) in [5, 5.41) is 22.5. The zero-order valence-corrected chi connectivity index (χ0v) is 30.3. The number of aliphatic hydroxyl groups excluding tert-OH is 1. The van der Waals surface area contributed by atoms with Crippen LogP contribution >= 0.6 is 0 Å². The van der Waals surface area contributed by atoms with Crippen LogP contribution in [0.3, 0.4) is 0 Å². The van der Waals surface area contributed by atoms with Crippen molar-refractivity contribution in [3.63, 3.8) is 0 Å². The van der Waals surface area contributed by atoms with Gasteiger partial charge >= 0.3 is 11.9 Å². The molecule has 0 fully saturated rings. The van der Waals surface area contributed by atoms with Crippen molar-refractivity contribution in [1.82, 2.24) is 10.6 Å². The second kappa shape index (κ2) is 33.7. The van der Waals surface area contributed by atoms with E-state index in [1.165, 1.54) is 103 Å².